The van der Waals surface area contributed by atoms with Crippen LogP contribution < -0.4 is 10.1 Å². The second kappa shape index (κ2) is 9.34. The SMILES string of the molecule is CCCc1cc(F)c(Oc2ccc(/C=C/[C@H](C)NC(C)=O)cn2)c(Cl)c1. The number of rotatable bonds is 7. The standard InChI is InChI=1S/C20H22ClFN2O2/c1-4-5-16-10-17(21)20(18(22)11-16)26-19-9-8-15(12-23-19)7-6-13(2)24-14(3)25/h6-13H,4-5H2,1-3H3,(H,24,25)/b7-6+/t13-/m0/s1. The first-order valence-electron chi connectivity index (χ1n) is 8.46. The Kier molecular flexibility index (Phi) is 7.16. The molecule has 6 heteroatoms. The van der Waals surface area contributed by atoms with Gasteiger partial charge in [-0.05, 0) is 42.7 Å². The molecule has 1 atom stereocenters. The molecule has 0 spiro atoms. The van der Waals surface area contributed by atoms with Gasteiger partial charge < -0.3 is 10.1 Å². The van der Waals surface area contributed by atoms with Crippen molar-refractivity contribution in [3.8, 4) is 11.6 Å². The largest absolute Gasteiger partial charge is 0.434 e. The van der Waals surface area contributed by atoms with Crippen LogP contribution in [-0.4, -0.2) is 16.9 Å². The predicted octanol–water partition coefficient (Wildman–Crippen LogP) is 5.16. The van der Waals surface area contributed by atoms with Gasteiger partial charge in [0.25, 0.3) is 0 Å². The lowest BCUT2D eigenvalue weighted by molar-refractivity contribution is -0.119. The molecule has 0 bridgehead atoms. The molecule has 1 amide bonds. The van der Waals surface area contributed by atoms with Crippen molar-refractivity contribution in [1.29, 1.82) is 0 Å². The molecule has 0 fully saturated rings. The number of nitrogens with one attached hydrogen (secondary N) is 1. The van der Waals surface area contributed by atoms with E-state index in [0.29, 0.717) is 0 Å². The zero-order valence-electron chi connectivity index (χ0n) is 15.1. The summed E-state index contributed by atoms with van der Waals surface area (Å²) in [7, 11) is 0. The van der Waals surface area contributed by atoms with Crippen molar-refractivity contribution in [3.63, 3.8) is 0 Å². The molecule has 0 aliphatic rings. The summed E-state index contributed by atoms with van der Waals surface area (Å²) in [4.78, 5) is 15.1. The Balaban J connectivity index is 2.08. The van der Waals surface area contributed by atoms with Crippen LogP contribution in [0.5, 0.6) is 11.6 Å². The molecule has 0 saturated carbocycles. The van der Waals surface area contributed by atoms with E-state index in [9.17, 15) is 9.18 Å². The first-order valence-corrected chi connectivity index (χ1v) is 8.84. The van der Waals surface area contributed by atoms with E-state index in [1.807, 2.05) is 26.0 Å². The molecule has 1 N–H and O–H groups in total. The normalized spacial score (nSPS) is 12.2. The number of carbonyl (C=O) groups is 1. The van der Waals surface area contributed by atoms with Crippen LogP contribution in [0.2, 0.25) is 5.02 Å². The van der Waals surface area contributed by atoms with E-state index in [4.69, 9.17) is 16.3 Å². The van der Waals surface area contributed by atoms with E-state index in [1.54, 1.807) is 24.4 Å². The predicted molar refractivity (Wildman–Crippen MR) is 102 cm³/mol. The fourth-order valence-corrected chi connectivity index (χ4v) is 2.69. The van der Waals surface area contributed by atoms with Gasteiger partial charge in [-0.2, -0.15) is 0 Å². The number of carbonyl (C=O) groups excluding carboxylic acids is 1. The van der Waals surface area contributed by atoms with Crippen LogP contribution in [0.4, 0.5) is 4.39 Å². The third-order valence-electron chi connectivity index (χ3n) is 3.57. The summed E-state index contributed by atoms with van der Waals surface area (Å²) in [6.07, 6.45) is 6.95. The smallest absolute Gasteiger partial charge is 0.219 e. The van der Waals surface area contributed by atoms with E-state index in [0.717, 1.165) is 24.0 Å². The average Bonchev–Trinajstić information content (AvgIpc) is 2.57. The summed E-state index contributed by atoms with van der Waals surface area (Å²) >= 11 is 6.14. The monoisotopic (exact) mass is 376 g/mol. The highest BCUT2D eigenvalue weighted by Crippen LogP contribution is 2.33. The lowest BCUT2D eigenvalue weighted by Gasteiger charge is -2.10. The van der Waals surface area contributed by atoms with Crippen molar-refractivity contribution >= 4 is 23.6 Å². The van der Waals surface area contributed by atoms with Crippen molar-refractivity contribution < 1.29 is 13.9 Å². The lowest BCUT2D eigenvalue weighted by atomic mass is 10.1. The van der Waals surface area contributed by atoms with Crippen molar-refractivity contribution in [2.45, 2.75) is 39.7 Å². The van der Waals surface area contributed by atoms with Crippen molar-refractivity contribution in [2.24, 2.45) is 0 Å². The second-order valence-electron chi connectivity index (χ2n) is 6.02. The van der Waals surface area contributed by atoms with Gasteiger partial charge in [0.05, 0.1) is 5.02 Å². The average molecular weight is 377 g/mol. The number of benzene rings is 1. The number of hydrogen-bond donors (Lipinski definition) is 1. The molecule has 2 rings (SSSR count). The molecule has 2 aromatic rings. The Bertz CT molecular complexity index is 768. The van der Waals surface area contributed by atoms with Crippen molar-refractivity contribution in [3.05, 3.63) is 58.5 Å². The molecule has 1 aromatic heterocycles. The van der Waals surface area contributed by atoms with Gasteiger partial charge >= 0.3 is 0 Å². The number of ether oxygens (including phenoxy) is 1. The molecule has 26 heavy (non-hydrogen) atoms. The van der Waals surface area contributed by atoms with E-state index in [1.165, 1.54) is 13.0 Å². The minimum atomic E-state index is -0.504. The molecular formula is C20H22ClFN2O2. The zero-order chi connectivity index (χ0) is 19.1. The van der Waals surface area contributed by atoms with Crippen LogP contribution in [-0.2, 0) is 11.2 Å². The second-order valence-corrected chi connectivity index (χ2v) is 6.43. The molecular weight excluding hydrogens is 355 g/mol. The van der Waals surface area contributed by atoms with Gasteiger partial charge in [0.15, 0.2) is 11.6 Å². The zero-order valence-corrected chi connectivity index (χ0v) is 15.8. The number of halogens is 2. The Hall–Kier alpha value is -2.40. The summed E-state index contributed by atoms with van der Waals surface area (Å²) in [5.74, 6) is -0.369. The van der Waals surface area contributed by atoms with Crippen LogP contribution >= 0.6 is 11.6 Å². The molecule has 0 aliphatic carbocycles. The minimum Gasteiger partial charge on any atom is -0.434 e. The van der Waals surface area contributed by atoms with Crippen LogP contribution in [0.3, 0.4) is 0 Å². The van der Waals surface area contributed by atoms with Crippen molar-refractivity contribution in [1.82, 2.24) is 10.3 Å². The van der Waals surface area contributed by atoms with Gasteiger partial charge in [-0.25, -0.2) is 9.37 Å². The summed E-state index contributed by atoms with van der Waals surface area (Å²) < 4.78 is 19.7. The number of pyridine rings is 1. The number of aromatic nitrogens is 1. The molecule has 0 unspecified atom stereocenters. The fourth-order valence-electron chi connectivity index (χ4n) is 2.42. The molecule has 0 saturated heterocycles. The molecule has 4 nitrogen and oxygen atoms in total. The number of hydrogen-bond acceptors (Lipinski definition) is 3. The number of nitrogens with zero attached hydrogens (tertiary/aromatic N) is 1. The topological polar surface area (TPSA) is 51.2 Å². The van der Waals surface area contributed by atoms with E-state index in [-0.39, 0.29) is 28.6 Å². The summed E-state index contributed by atoms with van der Waals surface area (Å²) in [5.41, 5.74) is 1.67. The Labute approximate surface area is 158 Å². The maximum atomic E-state index is 14.2. The summed E-state index contributed by atoms with van der Waals surface area (Å²) in [6, 6.07) is 6.49. The molecule has 1 aromatic carbocycles. The first-order chi connectivity index (χ1) is 12.4. The minimum absolute atomic E-state index is 0.0263. The van der Waals surface area contributed by atoms with Crippen LogP contribution in [0, 0.1) is 5.82 Å². The van der Waals surface area contributed by atoms with Crippen LogP contribution in [0.1, 0.15) is 38.3 Å². The fraction of sp³-hybridized carbons (Fsp3) is 0.300. The number of aryl methyl sites for hydroxylation is 1. The van der Waals surface area contributed by atoms with Crippen LogP contribution in [0.15, 0.2) is 36.5 Å². The Morgan fingerprint density at radius 2 is 2.19 bits per heavy atom. The van der Waals surface area contributed by atoms with Gasteiger partial charge in [0.1, 0.15) is 0 Å². The third-order valence-corrected chi connectivity index (χ3v) is 3.85. The Morgan fingerprint density at radius 1 is 1.42 bits per heavy atom. The number of amides is 1. The molecule has 1 heterocycles. The van der Waals surface area contributed by atoms with Gasteiger partial charge in [-0.15, -0.1) is 0 Å². The van der Waals surface area contributed by atoms with Gasteiger partial charge in [-0.3, -0.25) is 4.79 Å². The lowest BCUT2D eigenvalue weighted by Crippen LogP contribution is -2.28. The van der Waals surface area contributed by atoms with Crippen molar-refractivity contribution in [2.75, 3.05) is 0 Å². The molecule has 138 valence electrons. The van der Waals surface area contributed by atoms with Gasteiger partial charge in [0.2, 0.25) is 11.8 Å². The summed E-state index contributed by atoms with van der Waals surface area (Å²) in [5, 5.41) is 2.98. The highest BCUT2D eigenvalue weighted by atomic mass is 35.5. The molecule has 0 aliphatic heterocycles. The summed E-state index contributed by atoms with van der Waals surface area (Å²) in [6.45, 7) is 5.36. The van der Waals surface area contributed by atoms with E-state index < -0.39 is 5.82 Å². The van der Waals surface area contributed by atoms with Gasteiger partial charge in [-0.1, -0.05) is 37.1 Å². The van der Waals surface area contributed by atoms with E-state index in [2.05, 4.69) is 10.3 Å². The van der Waals surface area contributed by atoms with E-state index >= 15 is 0 Å². The van der Waals surface area contributed by atoms with Crippen LogP contribution in [0.25, 0.3) is 6.08 Å². The Morgan fingerprint density at radius 3 is 2.77 bits per heavy atom. The quantitative estimate of drug-likeness (QED) is 0.726. The highest BCUT2D eigenvalue weighted by molar-refractivity contribution is 6.32. The third kappa shape index (κ3) is 5.85. The maximum Gasteiger partial charge on any atom is 0.219 e. The highest BCUT2D eigenvalue weighted by Gasteiger charge is 2.12. The van der Waals surface area contributed by atoms with Gasteiger partial charge in [0, 0.05) is 25.2 Å². The first kappa shape index (κ1) is 19.9. The maximum absolute atomic E-state index is 14.2. The molecule has 0 radical (unpaired) electrons.